The number of hydrogen-bond acceptors (Lipinski definition) is 5. The minimum absolute atomic E-state index is 0.0928. The Balaban J connectivity index is 2.33. The van der Waals surface area contributed by atoms with Crippen molar-refractivity contribution in [2.24, 2.45) is 0 Å². The predicted octanol–water partition coefficient (Wildman–Crippen LogP) is 1.11. The number of aliphatic carboxylic acids is 1. The average Bonchev–Trinajstić information content (AvgIpc) is 2.82. The summed E-state index contributed by atoms with van der Waals surface area (Å²) in [5.41, 5.74) is 0.219. The van der Waals surface area contributed by atoms with Crippen molar-refractivity contribution < 1.29 is 14.7 Å². The van der Waals surface area contributed by atoms with Crippen LogP contribution in [0.25, 0.3) is 5.78 Å². The van der Waals surface area contributed by atoms with E-state index in [4.69, 9.17) is 0 Å². The number of aryl methyl sites for hydroxylation is 2. The van der Waals surface area contributed by atoms with Gasteiger partial charge in [-0.1, -0.05) is 13.3 Å². The molecule has 0 radical (unpaired) electrons. The van der Waals surface area contributed by atoms with Crippen LogP contribution in [0.15, 0.2) is 6.07 Å². The Hall–Kier alpha value is -2.51. The van der Waals surface area contributed by atoms with E-state index < -0.39 is 17.4 Å². The highest BCUT2D eigenvalue weighted by Crippen LogP contribution is 2.14. The average molecular weight is 305 g/mol. The quantitative estimate of drug-likeness (QED) is 0.856. The van der Waals surface area contributed by atoms with E-state index in [1.54, 1.807) is 0 Å². The Labute approximate surface area is 127 Å². The highest BCUT2D eigenvalue weighted by Gasteiger charge is 2.35. The lowest BCUT2D eigenvalue weighted by atomic mass is 9.96. The Kier molecular flexibility index (Phi) is 4.11. The number of fused-ring (bicyclic) bond motifs is 1. The van der Waals surface area contributed by atoms with Crippen LogP contribution in [0, 0.1) is 13.8 Å². The van der Waals surface area contributed by atoms with Gasteiger partial charge in [0, 0.05) is 11.4 Å². The first-order valence-electron chi connectivity index (χ1n) is 7.04. The number of hydrogen-bond donors (Lipinski definition) is 2. The molecule has 118 valence electrons. The van der Waals surface area contributed by atoms with E-state index >= 15 is 0 Å². The highest BCUT2D eigenvalue weighted by molar-refractivity contribution is 5.95. The number of carbonyl (C=O) groups is 2. The molecule has 0 saturated heterocycles. The standard InChI is InChI=1S/C14H19N5O3/c1-5-6-14(4,12(21)22)17-11(20)10-16-13-15-8(2)7-9(3)19(13)18-10/h7H,5-6H2,1-4H3,(H,17,20)(H,21,22). The van der Waals surface area contributed by atoms with Crippen molar-refractivity contribution in [2.75, 3.05) is 0 Å². The zero-order valence-corrected chi connectivity index (χ0v) is 13.0. The van der Waals surface area contributed by atoms with E-state index in [2.05, 4.69) is 20.4 Å². The second kappa shape index (κ2) is 5.70. The van der Waals surface area contributed by atoms with Gasteiger partial charge in [-0.2, -0.15) is 4.98 Å². The first kappa shape index (κ1) is 15.9. The van der Waals surface area contributed by atoms with Crippen LogP contribution in [-0.2, 0) is 4.79 Å². The zero-order chi connectivity index (χ0) is 16.5. The largest absolute Gasteiger partial charge is 0.480 e. The van der Waals surface area contributed by atoms with Crippen molar-refractivity contribution >= 4 is 17.7 Å². The molecule has 8 nitrogen and oxygen atoms in total. The monoisotopic (exact) mass is 305 g/mol. The third-order valence-electron chi connectivity index (χ3n) is 3.43. The van der Waals surface area contributed by atoms with Gasteiger partial charge in [0.05, 0.1) is 0 Å². The summed E-state index contributed by atoms with van der Waals surface area (Å²) in [6.07, 6.45) is 0.944. The van der Waals surface area contributed by atoms with E-state index in [0.29, 0.717) is 18.6 Å². The molecule has 0 bridgehead atoms. The molecule has 2 heterocycles. The predicted molar refractivity (Wildman–Crippen MR) is 78.7 cm³/mol. The number of nitrogens with one attached hydrogen (secondary N) is 1. The number of rotatable bonds is 5. The summed E-state index contributed by atoms with van der Waals surface area (Å²) in [6.45, 7) is 6.98. The molecule has 0 aliphatic rings. The van der Waals surface area contributed by atoms with Crippen LogP contribution in [0.2, 0.25) is 0 Å². The summed E-state index contributed by atoms with van der Waals surface area (Å²) in [5, 5.41) is 15.9. The van der Waals surface area contributed by atoms with Gasteiger partial charge in [-0.25, -0.2) is 14.3 Å². The molecule has 0 aliphatic heterocycles. The summed E-state index contributed by atoms with van der Waals surface area (Å²) >= 11 is 0. The summed E-state index contributed by atoms with van der Waals surface area (Å²) in [4.78, 5) is 31.9. The van der Waals surface area contributed by atoms with Crippen molar-refractivity contribution in [1.82, 2.24) is 24.9 Å². The molecular weight excluding hydrogens is 286 g/mol. The smallest absolute Gasteiger partial charge is 0.329 e. The molecule has 0 aliphatic carbocycles. The lowest BCUT2D eigenvalue weighted by molar-refractivity contribution is -0.144. The minimum atomic E-state index is -1.35. The molecular formula is C14H19N5O3. The first-order chi connectivity index (χ1) is 10.3. The van der Waals surface area contributed by atoms with E-state index in [0.717, 1.165) is 11.4 Å². The van der Waals surface area contributed by atoms with Crippen LogP contribution in [0.5, 0.6) is 0 Å². The Morgan fingerprint density at radius 1 is 1.36 bits per heavy atom. The number of carbonyl (C=O) groups excluding carboxylic acids is 1. The van der Waals surface area contributed by atoms with E-state index in [9.17, 15) is 14.7 Å². The van der Waals surface area contributed by atoms with Gasteiger partial charge >= 0.3 is 5.97 Å². The van der Waals surface area contributed by atoms with Gasteiger partial charge in [0.2, 0.25) is 5.82 Å². The van der Waals surface area contributed by atoms with E-state index in [1.165, 1.54) is 11.4 Å². The maximum absolute atomic E-state index is 12.3. The normalized spacial score (nSPS) is 13.8. The molecule has 2 aromatic rings. The molecule has 2 N–H and O–H groups in total. The summed E-state index contributed by atoms with van der Waals surface area (Å²) in [6, 6.07) is 1.82. The van der Waals surface area contributed by atoms with Crippen molar-refractivity contribution in [1.29, 1.82) is 0 Å². The number of amides is 1. The number of carboxylic acids is 1. The van der Waals surface area contributed by atoms with Crippen molar-refractivity contribution in [3.8, 4) is 0 Å². The van der Waals surface area contributed by atoms with Crippen LogP contribution < -0.4 is 5.32 Å². The van der Waals surface area contributed by atoms with Gasteiger partial charge in [0.15, 0.2) is 0 Å². The first-order valence-corrected chi connectivity index (χ1v) is 7.04. The fourth-order valence-electron chi connectivity index (χ4n) is 2.29. The molecule has 2 rings (SSSR count). The Morgan fingerprint density at radius 3 is 2.64 bits per heavy atom. The number of nitrogens with zero attached hydrogens (tertiary/aromatic N) is 4. The van der Waals surface area contributed by atoms with Crippen LogP contribution in [0.1, 0.15) is 48.7 Å². The van der Waals surface area contributed by atoms with Crippen LogP contribution in [0.4, 0.5) is 0 Å². The highest BCUT2D eigenvalue weighted by atomic mass is 16.4. The number of carboxylic acid groups (broad SMARTS) is 1. The third kappa shape index (κ3) is 2.90. The third-order valence-corrected chi connectivity index (χ3v) is 3.43. The van der Waals surface area contributed by atoms with Gasteiger partial charge in [0.25, 0.3) is 11.7 Å². The number of aromatic nitrogens is 4. The topological polar surface area (TPSA) is 109 Å². The lowest BCUT2D eigenvalue weighted by Crippen LogP contribution is -2.52. The summed E-state index contributed by atoms with van der Waals surface area (Å²) < 4.78 is 1.46. The van der Waals surface area contributed by atoms with Crippen LogP contribution in [0.3, 0.4) is 0 Å². The maximum Gasteiger partial charge on any atom is 0.329 e. The molecule has 1 atom stereocenters. The SMILES string of the molecule is CCCC(C)(NC(=O)c1nc2nc(C)cc(C)n2n1)C(=O)O. The summed E-state index contributed by atoms with van der Waals surface area (Å²) in [7, 11) is 0. The molecule has 8 heteroatoms. The van der Waals surface area contributed by atoms with Gasteiger partial charge in [0.1, 0.15) is 5.54 Å². The van der Waals surface area contributed by atoms with E-state index in [1.807, 2.05) is 26.8 Å². The van der Waals surface area contributed by atoms with Crippen LogP contribution in [-0.4, -0.2) is 42.1 Å². The fourth-order valence-corrected chi connectivity index (χ4v) is 2.29. The fraction of sp³-hybridized carbons (Fsp3) is 0.500. The van der Waals surface area contributed by atoms with Crippen molar-refractivity contribution in [3.63, 3.8) is 0 Å². The molecule has 1 amide bonds. The lowest BCUT2D eigenvalue weighted by Gasteiger charge is -2.24. The van der Waals surface area contributed by atoms with Crippen LogP contribution >= 0.6 is 0 Å². The molecule has 1 unspecified atom stereocenters. The van der Waals surface area contributed by atoms with Crippen molar-refractivity contribution in [2.45, 2.75) is 46.1 Å². The Bertz CT molecular complexity index is 739. The second-order valence-corrected chi connectivity index (χ2v) is 5.53. The molecule has 0 aromatic carbocycles. The molecule has 22 heavy (non-hydrogen) atoms. The second-order valence-electron chi connectivity index (χ2n) is 5.53. The van der Waals surface area contributed by atoms with Gasteiger partial charge < -0.3 is 10.4 Å². The Morgan fingerprint density at radius 2 is 2.05 bits per heavy atom. The van der Waals surface area contributed by atoms with Crippen molar-refractivity contribution in [3.05, 3.63) is 23.3 Å². The van der Waals surface area contributed by atoms with E-state index in [-0.39, 0.29) is 5.82 Å². The van der Waals surface area contributed by atoms with Gasteiger partial charge in [-0.05, 0) is 33.3 Å². The zero-order valence-electron chi connectivity index (χ0n) is 13.0. The summed E-state index contributed by atoms with van der Waals surface area (Å²) in [5.74, 6) is -1.49. The minimum Gasteiger partial charge on any atom is -0.480 e. The maximum atomic E-state index is 12.3. The van der Waals surface area contributed by atoms with Gasteiger partial charge in [-0.3, -0.25) is 4.79 Å². The molecule has 0 saturated carbocycles. The molecule has 0 fully saturated rings. The van der Waals surface area contributed by atoms with Gasteiger partial charge in [-0.15, -0.1) is 5.10 Å². The molecule has 0 spiro atoms. The molecule has 2 aromatic heterocycles.